The zero-order valence-corrected chi connectivity index (χ0v) is 31.0. The Balaban J connectivity index is 0.000000197. The molecule has 2 fully saturated rings. The van der Waals surface area contributed by atoms with Crippen LogP contribution in [-0.2, 0) is 0 Å². The molecule has 2 saturated heterocycles. The zero-order valence-electron chi connectivity index (χ0n) is 29.5. The van der Waals surface area contributed by atoms with Crippen LogP contribution < -0.4 is 14.2 Å². The number of halogens is 3. The quantitative estimate of drug-likeness (QED) is 0.111. The van der Waals surface area contributed by atoms with E-state index in [-0.39, 0.29) is 27.0 Å². The number of aliphatic hydroxyl groups is 1. The molecule has 2 atom stereocenters. The maximum Gasteiger partial charge on any atom is 0.288 e. The Hall–Kier alpha value is -4.53. The summed E-state index contributed by atoms with van der Waals surface area (Å²) in [4.78, 5) is 24.3. The molecule has 4 aromatic rings. The standard InChI is InChI=1S/C19H21ClN2O4.C13H19NO2.C6H3ClFNO2/c1-19(26-16-7-8-18(22(23)24)17(20)13-16)9-10-21(14-19)11-12-25-15-5-3-2-4-6-15;1-13(15)7-8-14(11-13)9-10-16-12-5-3-2-4-6-12;7-5-3-4(8)1-2-6(5)9(10)11/h2-8,13H,9-12,14H2,1H3;2-6,15H,7-11H2,1H3;1-3H. The van der Waals surface area contributed by atoms with Gasteiger partial charge in [-0.2, -0.15) is 0 Å². The van der Waals surface area contributed by atoms with E-state index in [0.29, 0.717) is 19.0 Å². The smallest absolute Gasteiger partial charge is 0.288 e. The fourth-order valence-electron chi connectivity index (χ4n) is 5.76. The highest BCUT2D eigenvalue weighted by Gasteiger charge is 2.36. The highest BCUT2D eigenvalue weighted by atomic mass is 35.5. The summed E-state index contributed by atoms with van der Waals surface area (Å²) in [7, 11) is 0. The largest absolute Gasteiger partial charge is 0.492 e. The zero-order chi connectivity index (χ0) is 38.4. The Kier molecular flexibility index (Phi) is 15.2. The fourth-order valence-corrected chi connectivity index (χ4v) is 6.24. The Morgan fingerprint density at radius 1 is 0.717 bits per heavy atom. The van der Waals surface area contributed by atoms with E-state index < -0.39 is 21.3 Å². The van der Waals surface area contributed by atoms with Gasteiger partial charge in [0.05, 0.1) is 15.4 Å². The lowest BCUT2D eigenvalue weighted by Crippen LogP contribution is -2.37. The van der Waals surface area contributed by atoms with Crippen molar-refractivity contribution < 1.29 is 33.6 Å². The topological polar surface area (TPSA) is 141 Å². The number of para-hydroxylation sites is 2. The predicted octanol–water partition coefficient (Wildman–Crippen LogP) is 8.08. The molecule has 2 aliphatic heterocycles. The number of nitrogens with zero attached hydrogens (tertiary/aromatic N) is 4. The van der Waals surface area contributed by atoms with Crippen LogP contribution in [0.25, 0.3) is 0 Å². The van der Waals surface area contributed by atoms with Crippen molar-refractivity contribution in [2.45, 2.75) is 37.9 Å². The van der Waals surface area contributed by atoms with Crippen LogP contribution in [0.2, 0.25) is 10.0 Å². The van der Waals surface area contributed by atoms with Crippen LogP contribution in [0.3, 0.4) is 0 Å². The van der Waals surface area contributed by atoms with Crippen LogP contribution in [0.5, 0.6) is 17.2 Å². The second kappa shape index (κ2) is 19.5. The van der Waals surface area contributed by atoms with Gasteiger partial charge in [0.15, 0.2) is 0 Å². The number of nitro groups is 2. The molecule has 284 valence electrons. The summed E-state index contributed by atoms with van der Waals surface area (Å²) in [5.41, 5.74) is -1.26. The van der Waals surface area contributed by atoms with Crippen LogP contribution in [-0.4, -0.2) is 88.4 Å². The normalized spacial score (nSPS) is 19.7. The average molecular weight is 774 g/mol. The third kappa shape index (κ3) is 13.8. The lowest BCUT2D eigenvalue weighted by atomic mass is 10.1. The average Bonchev–Trinajstić information content (AvgIpc) is 3.66. The highest BCUT2D eigenvalue weighted by molar-refractivity contribution is 6.33. The van der Waals surface area contributed by atoms with Crippen molar-refractivity contribution in [1.29, 1.82) is 0 Å². The lowest BCUT2D eigenvalue weighted by molar-refractivity contribution is -0.384. The molecule has 2 unspecified atom stereocenters. The molecule has 0 radical (unpaired) electrons. The molecule has 0 aromatic heterocycles. The maximum atomic E-state index is 12.3. The van der Waals surface area contributed by atoms with Gasteiger partial charge < -0.3 is 19.3 Å². The number of hydrogen-bond acceptors (Lipinski definition) is 10. The van der Waals surface area contributed by atoms with Crippen molar-refractivity contribution in [3.63, 3.8) is 0 Å². The minimum Gasteiger partial charge on any atom is -0.492 e. The molecule has 0 spiro atoms. The third-order valence-electron chi connectivity index (χ3n) is 8.47. The summed E-state index contributed by atoms with van der Waals surface area (Å²) in [5.74, 6) is 1.74. The molecule has 0 aliphatic carbocycles. The summed E-state index contributed by atoms with van der Waals surface area (Å²) in [6.45, 7) is 10.3. The monoisotopic (exact) mass is 772 g/mol. The van der Waals surface area contributed by atoms with E-state index >= 15 is 0 Å². The second-order valence-corrected chi connectivity index (χ2v) is 14.0. The Labute approximate surface area is 317 Å². The predicted molar refractivity (Wildman–Crippen MR) is 202 cm³/mol. The first-order valence-corrected chi connectivity index (χ1v) is 17.7. The Morgan fingerprint density at radius 3 is 1.68 bits per heavy atom. The van der Waals surface area contributed by atoms with E-state index in [1.165, 1.54) is 12.1 Å². The van der Waals surface area contributed by atoms with Gasteiger partial charge >= 0.3 is 0 Å². The molecular weight excluding hydrogens is 730 g/mol. The van der Waals surface area contributed by atoms with Gasteiger partial charge in [0, 0.05) is 63.9 Å². The van der Waals surface area contributed by atoms with Crippen molar-refractivity contribution in [3.8, 4) is 17.2 Å². The molecule has 0 amide bonds. The summed E-state index contributed by atoms with van der Waals surface area (Å²) >= 11 is 11.3. The van der Waals surface area contributed by atoms with E-state index in [4.69, 9.17) is 37.4 Å². The number of ether oxygens (including phenoxy) is 3. The Bertz CT molecular complexity index is 1790. The number of rotatable bonds is 12. The van der Waals surface area contributed by atoms with E-state index in [0.717, 1.165) is 81.8 Å². The molecule has 2 heterocycles. The van der Waals surface area contributed by atoms with Gasteiger partial charge in [-0.3, -0.25) is 30.0 Å². The molecule has 2 aliphatic rings. The number of β-amino-alcohol motifs (C(OH)–C–C–N with tert-alkyl or cyclic N) is 1. The molecule has 15 heteroatoms. The van der Waals surface area contributed by atoms with Crippen LogP contribution in [0, 0.1) is 26.0 Å². The second-order valence-electron chi connectivity index (χ2n) is 13.1. The lowest BCUT2D eigenvalue weighted by Gasteiger charge is -2.26. The van der Waals surface area contributed by atoms with E-state index in [1.54, 1.807) is 6.07 Å². The van der Waals surface area contributed by atoms with Crippen molar-refractivity contribution >= 4 is 34.6 Å². The summed E-state index contributed by atoms with van der Waals surface area (Å²) in [5, 5.41) is 30.7. The van der Waals surface area contributed by atoms with Gasteiger partial charge in [-0.1, -0.05) is 59.6 Å². The van der Waals surface area contributed by atoms with E-state index in [2.05, 4.69) is 9.80 Å². The first-order valence-electron chi connectivity index (χ1n) is 17.0. The van der Waals surface area contributed by atoms with Crippen LogP contribution in [0.1, 0.15) is 26.7 Å². The number of likely N-dealkylation sites (tertiary alicyclic amines) is 2. The van der Waals surface area contributed by atoms with E-state index in [1.807, 2.05) is 74.5 Å². The maximum absolute atomic E-state index is 12.3. The Morgan fingerprint density at radius 2 is 1.21 bits per heavy atom. The molecular formula is C38H43Cl2FN4O8. The number of benzene rings is 4. The molecule has 4 aromatic carbocycles. The highest BCUT2D eigenvalue weighted by Crippen LogP contribution is 2.33. The van der Waals surface area contributed by atoms with Crippen molar-refractivity contribution in [3.05, 3.63) is 133 Å². The first-order chi connectivity index (χ1) is 25.2. The summed E-state index contributed by atoms with van der Waals surface area (Å²) in [6.07, 6.45) is 1.73. The molecule has 1 N–H and O–H groups in total. The van der Waals surface area contributed by atoms with Crippen LogP contribution in [0.15, 0.2) is 97.1 Å². The summed E-state index contributed by atoms with van der Waals surface area (Å²) in [6, 6.07) is 27.0. The SMILES string of the molecule is CC1(O)CCN(CCOc2ccccc2)C1.CC1(Oc2ccc([N+](=O)[O-])c(Cl)c2)CCN(CCOc2ccccc2)C1.O=[N+]([O-])c1ccc(F)cc1Cl. The fraction of sp³-hybridized carbons (Fsp3) is 0.368. The minimum atomic E-state index is -0.665. The molecule has 0 bridgehead atoms. The van der Waals surface area contributed by atoms with Crippen LogP contribution >= 0.6 is 23.2 Å². The number of nitro benzene ring substituents is 2. The summed E-state index contributed by atoms with van der Waals surface area (Å²) < 4.78 is 29.7. The van der Waals surface area contributed by atoms with Gasteiger partial charge in [-0.15, -0.1) is 0 Å². The molecule has 6 rings (SSSR count). The van der Waals surface area contributed by atoms with Gasteiger partial charge in [0.2, 0.25) is 0 Å². The first kappa shape index (κ1) is 41.2. The van der Waals surface area contributed by atoms with E-state index in [9.17, 15) is 29.7 Å². The molecule has 12 nitrogen and oxygen atoms in total. The number of hydrogen-bond donors (Lipinski definition) is 1. The van der Waals surface area contributed by atoms with Crippen LogP contribution in [0.4, 0.5) is 15.8 Å². The molecule has 53 heavy (non-hydrogen) atoms. The van der Waals surface area contributed by atoms with Gasteiger partial charge in [0.25, 0.3) is 11.4 Å². The van der Waals surface area contributed by atoms with Crippen molar-refractivity contribution in [2.75, 3.05) is 52.5 Å². The van der Waals surface area contributed by atoms with Crippen molar-refractivity contribution in [1.82, 2.24) is 9.80 Å². The van der Waals surface area contributed by atoms with Crippen molar-refractivity contribution in [2.24, 2.45) is 0 Å². The minimum absolute atomic E-state index is 0.0854. The third-order valence-corrected chi connectivity index (χ3v) is 9.08. The van der Waals surface area contributed by atoms with Gasteiger partial charge in [-0.25, -0.2) is 4.39 Å². The van der Waals surface area contributed by atoms with Gasteiger partial charge in [-0.05, 0) is 62.7 Å². The molecule has 0 saturated carbocycles. The van der Waals surface area contributed by atoms with Gasteiger partial charge in [0.1, 0.15) is 51.9 Å².